The average molecular weight is 740 g/mol. The van der Waals surface area contributed by atoms with Crippen molar-refractivity contribution in [3.05, 3.63) is 0 Å². The molecule has 0 unspecified atom stereocenters. The maximum absolute atomic E-state index is 10.1. The van der Waals surface area contributed by atoms with E-state index in [1.165, 1.54) is 27.7 Å². The molecule has 0 aromatic carbocycles. The normalized spacial score (nSPS) is 11.1. The smallest absolute Gasteiger partial charge is 0.549 e. The first-order chi connectivity index (χ1) is 16.3. The number of aliphatic carboxylic acids is 4. The van der Waals surface area contributed by atoms with Crippen molar-refractivity contribution in [2.24, 2.45) is 21.7 Å². The second-order valence-electron chi connectivity index (χ2n) is 8.66. The van der Waals surface area contributed by atoms with Crippen LogP contribution in [0.2, 0.25) is 0 Å². The van der Waals surface area contributed by atoms with E-state index in [1.807, 2.05) is 0 Å². The number of carboxylic acids is 4. The van der Waals surface area contributed by atoms with Gasteiger partial charge in [0.1, 0.15) is 0 Å². The Balaban J connectivity index is -0.000000122. The van der Waals surface area contributed by atoms with Crippen molar-refractivity contribution in [3.63, 3.8) is 0 Å². The van der Waals surface area contributed by atoms with Crippen molar-refractivity contribution in [1.29, 1.82) is 0 Å². The third-order valence-corrected chi connectivity index (χ3v) is 4.76. The van der Waals surface area contributed by atoms with Gasteiger partial charge in [0.2, 0.25) is 0 Å². The number of carbonyl (C=O) groups is 4. The summed E-state index contributed by atoms with van der Waals surface area (Å²) in [6.45, 7) is -0.00000000000000266. The summed E-state index contributed by atoms with van der Waals surface area (Å²) in [6.07, 6.45) is 0. The van der Waals surface area contributed by atoms with Crippen LogP contribution in [0.15, 0.2) is 0 Å². The first kappa shape index (κ1) is 45.4. The van der Waals surface area contributed by atoms with Crippen LogP contribution < -0.4 is 20.4 Å². The first-order valence-electron chi connectivity index (χ1n) is 9.99. The number of hydrogen-bond donors (Lipinski definition) is 8. The van der Waals surface area contributed by atoms with Crippen LogP contribution in [0.3, 0.4) is 0 Å². The Morgan fingerprint density at radius 1 is 0.405 bits per heavy atom. The number of aliphatic hydroxyl groups excluding tert-OH is 8. The first-order valence-corrected chi connectivity index (χ1v) is 9.99. The SMILES string of the molecule is CC(CO)(CO)C(=O)[O-].CC(CO)(CO)C(=O)[O-].CC(CO)(CO)C(=O)[O-].CC(CO)(CO)C(=O)[O-].[Pb+4]. The number of carboxylic acid groups (broad SMARTS) is 4. The standard InChI is InChI=1S/4C5H10O4.Pb/c4*1-5(2-6,3-7)4(8)9;/h4*6-7H,2-3H2,1H3,(H,8,9);/q;;;;+4/p-4. The van der Waals surface area contributed by atoms with Crippen molar-refractivity contribution < 1.29 is 80.5 Å². The third-order valence-electron chi connectivity index (χ3n) is 4.76. The number of aliphatic hydroxyl groups is 8. The minimum atomic E-state index is -1.50. The van der Waals surface area contributed by atoms with E-state index in [4.69, 9.17) is 40.9 Å². The molecule has 0 bridgehead atoms. The summed E-state index contributed by atoms with van der Waals surface area (Å²) in [6, 6.07) is 0. The van der Waals surface area contributed by atoms with Gasteiger partial charge in [-0.2, -0.15) is 0 Å². The summed E-state index contributed by atoms with van der Waals surface area (Å²) in [5, 5.41) is 107. The van der Waals surface area contributed by atoms with Crippen molar-refractivity contribution in [2.45, 2.75) is 27.7 Å². The van der Waals surface area contributed by atoms with E-state index < -0.39 is 98.4 Å². The summed E-state index contributed by atoms with van der Waals surface area (Å²) in [4.78, 5) is 40.2. The fourth-order valence-corrected chi connectivity index (χ4v) is 0.716. The number of carbonyl (C=O) groups excluding carboxylic acids is 4. The molecular weight excluding hydrogens is 703 g/mol. The molecule has 8 N–H and O–H groups in total. The van der Waals surface area contributed by atoms with E-state index >= 15 is 0 Å². The molecule has 0 spiro atoms. The molecule has 0 aliphatic heterocycles. The van der Waals surface area contributed by atoms with E-state index in [0.717, 1.165) is 0 Å². The van der Waals surface area contributed by atoms with E-state index in [2.05, 4.69) is 0 Å². The van der Waals surface area contributed by atoms with Gasteiger partial charge in [-0.15, -0.1) is 0 Å². The van der Waals surface area contributed by atoms with Crippen LogP contribution in [0, 0.1) is 21.7 Å². The zero-order valence-corrected chi connectivity index (χ0v) is 24.9. The quantitative estimate of drug-likeness (QED) is 0.0862. The molecule has 17 heteroatoms. The van der Waals surface area contributed by atoms with E-state index in [9.17, 15) is 39.6 Å². The predicted molar refractivity (Wildman–Crippen MR) is 115 cm³/mol. The molecule has 37 heavy (non-hydrogen) atoms. The van der Waals surface area contributed by atoms with Gasteiger partial charge in [0.05, 0.1) is 98.4 Å². The zero-order chi connectivity index (χ0) is 30.0. The van der Waals surface area contributed by atoms with Crippen molar-refractivity contribution in [1.82, 2.24) is 0 Å². The largest absolute Gasteiger partial charge is 4.00 e. The topological polar surface area (TPSA) is 322 Å². The molecule has 16 nitrogen and oxygen atoms in total. The molecule has 0 aliphatic rings. The molecular formula is C20H36O16Pb. The second-order valence-corrected chi connectivity index (χ2v) is 8.66. The van der Waals surface area contributed by atoms with Gasteiger partial charge in [-0.3, -0.25) is 0 Å². The van der Waals surface area contributed by atoms with Crippen molar-refractivity contribution >= 4 is 51.2 Å². The van der Waals surface area contributed by atoms with Crippen LogP contribution in [0.5, 0.6) is 0 Å². The summed E-state index contributed by atoms with van der Waals surface area (Å²) in [5.74, 6) is -5.75. The maximum atomic E-state index is 10.1. The summed E-state index contributed by atoms with van der Waals surface area (Å²) in [7, 11) is 0. The Bertz CT molecular complexity index is 541. The monoisotopic (exact) mass is 740 g/mol. The number of rotatable bonds is 12. The Morgan fingerprint density at radius 2 is 0.486 bits per heavy atom. The van der Waals surface area contributed by atoms with E-state index in [-0.39, 0.29) is 27.3 Å². The van der Waals surface area contributed by atoms with Crippen LogP contribution >= 0.6 is 0 Å². The van der Waals surface area contributed by atoms with Gasteiger partial charge in [0, 0.05) is 0 Å². The molecule has 0 saturated heterocycles. The van der Waals surface area contributed by atoms with Gasteiger partial charge >= 0.3 is 27.3 Å². The average Bonchev–Trinajstić information content (AvgIpc) is 2.87. The molecule has 0 aliphatic carbocycles. The van der Waals surface area contributed by atoms with Gasteiger partial charge in [-0.05, 0) is 27.7 Å². The maximum Gasteiger partial charge on any atom is 4.00 e. The molecule has 0 aromatic rings. The molecule has 0 saturated carbocycles. The van der Waals surface area contributed by atoms with E-state index in [0.29, 0.717) is 0 Å². The molecule has 0 atom stereocenters. The zero-order valence-electron chi connectivity index (χ0n) is 21.0. The van der Waals surface area contributed by atoms with Crippen molar-refractivity contribution in [3.8, 4) is 0 Å². The molecule has 0 aromatic heterocycles. The van der Waals surface area contributed by atoms with Gasteiger partial charge in [0.25, 0.3) is 0 Å². The summed E-state index contributed by atoms with van der Waals surface area (Å²) >= 11 is 0. The van der Waals surface area contributed by atoms with Gasteiger partial charge in [-0.25, -0.2) is 0 Å². The van der Waals surface area contributed by atoms with Crippen LogP contribution in [0.4, 0.5) is 0 Å². The predicted octanol–water partition coefficient (Wildman–Crippen LogP) is -9.47. The Morgan fingerprint density at radius 3 is 0.486 bits per heavy atom. The molecule has 0 fully saturated rings. The van der Waals surface area contributed by atoms with Crippen molar-refractivity contribution in [2.75, 3.05) is 52.9 Å². The minimum Gasteiger partial charge on any atom is -0.549 e. The second kappa shape index (κ2) is 21.4. The molecule has 216 valence electrons. The molecule has 0 amide bonds. The third kappa shape index (κ3) is 16.8. The van der Waals surface area contributed by atoms with Crippen LogP contribution in [-0.2, 0) is 19.2 Å². The van der Waals surface area contributed by atoms with Crippen LogP contribution in [-0.4, -0.2) is 145 Å². The molecule has 0 heterocycles. The molecule has 0 rings (SSSR count). The molecule has 0 radical (unpaired) electrons. The summed E-state index contributed by atoms with van der Waals surface area (Å²) in [5.41, 5.74) is -6.00. The Kier molecular flexibility index (Phi) is 26.3. The van der Waals surface area contributed by atoms with Crippen LogP contribution in [0.25, 0.3) is 0 Å². The van der Waals surface area contributed by atoms with Gasteiger partial charge in [-0.1, -0.05) is 0 Å². The Labute approximate surface area is 233 Å². The summed E-state index contributed by atoms with van der Waals surface area (Å²) < 4.78 is 0. The van der Waals surface area contributed by atoms with Gasteiger partial charge in [0.15, 0.2) is 0 Å². The fourth-order valence-electron chi connectivity index (χ4n) is 0.716. The van der Waals surface area contributed by atoms with Gasteiger partial charge < -0.3 is 80.5 Å². The fraction of sp³-hybridized carbons (Fsp3) is 0.800. The van der Waals surface area contributed by atoms with E-state index in [1.54, 1.807) is 0 Å². The van der Waals surface area contributed by atoms with Crippen LogP contribution in [0.1, 0.15) is 27.7 Å². The Hall–Kier alpha value is -1.52. The minimum absolute atomic E-state index is 0. The number of hydrogen-bond acceptors (Lipinski definition) is 16.